The number of benzene rings is 1. The first kappa shape index (κ1) is 19.8. The molecule has 0 bridgehead atoms. The molecule has 5 nitrogen and oxygen atoms in total. The Morgan fingerprint density at radius 1 is 1.32 bits per heavy atom. The Morgan fingerprint density at radius 2 is 2.04 bits per heavy atom. The minimum absolute atomic E-state index is 0. The van der Waals surface area contributed by atoms with E-state index in [-0.39, 0.29) is 24.0 Å². The molecule has 1 aromatic heterocycles. The van der Waals surface area contributed by atoms with Crippen molar-refractivity contribution in [1.82, 2.24) is 15.2 Å². The summed E-state index contributed by atoms with van der Waals surface area (Å²) in [6, 6.07) is 8.26. The summed E-state index contributed by atoms with van der Waals surface area (Å²) >= 11 is 0. The number of oxazole rings is 1. The van der Waals surface area contributed by atoms with Crippen LogP contribution < -0.4 is 5.32 Å². The smallest absolute Gasteiger partial charge is 0.214 e. The van der Waals surface area contributed by atoms with Crippen LogP contribution in [0.4, 0.5) is 0 Å². The van der Waals surface area contributed by atoms with Gasteiger partial charge in [-0.1, -0.05) is 43.7 Å². The number of aromatic nitrogens is 1. The molecule has 1 fully saturated rings. The van der Waals surface area contributed by atoms with Crippen molar-refractivity contribution in [2.24, 2.45) is 10.4 Å². The second-order valence-electron chi connectivity index (χ2n) is 7.22. The maximum absolute atomic E-state index is 5.86. The van der Waals surface area contributed by atoms with Gasteiger partial charge in [0.1, 0.15) is 0 Å². The lowest BCUT2D eigenvalue weighted by Gasteiger charge is -2.23. The van der Waals surface area contributed by atoms with Gasteiger partial charge in [-0.15, -0.1) is 24.0 Å². The number of hydrogen-bond donors (Lipinski definition) is 1. The van der Waals surface area contributed by atoms with Gasteiger partial charge in [0.15, 0.2) is 11.7 Å². The molecule has 1 aromatic carbocycles. The maximum atomic E-state index is 5.86. The quantitative estimate of drug-likeness (QED) is 0.432. The molecule has 0 aliphatic carbocycles. The standard InChI is InChI=1S/C19H26N4O.HI/c1-14-5-7-15(8-6-14)16-11-21-17(24-16)12-22-18(20-4)23-10-9-19(2,3)13-23;/h5-8,11H,9-10,12-13H2,1-4H3,(H,20,22);1H. The van der Waals surface area contributed by atoms with Crippen molar-refractivity contribution < 1.29 is 4.42 Å². The number of aryl methyl sites for hydroxylation is 1. The van der Waals surface area contributed by atoms with Crippen molar-refractivity contribution in [1.29, 1.82) is 0 Å². The number of aliphatic imine (C=N–C) groups is 1. The van der Waals surface area contributed by atoms with Gasteiger partial charge in [-0.25, -0.2) is 4.98 Å². The van der Waals surface area contributed by atoms with E-state index < -0.39 is 0 Å². The van der Waals surface area contributed by atoms with E-state index in [1.807, 2.05) is 7.05 Å². The van der Waals surface area contributed by atoms with Crippen LogP contribution in [0.1, 0.15) is 31.7 Å². The molecule has 2 heterocycles. The minimum atomic E-state index is 0. The lowest BCUT2D eigenvalue weighted by atomic mass is 9.93. The molecule has 0 spiro atoms. The predicted molar refractivity (Wildman–Crippen MR) is 112 cm³/mol. The Hall–Kier alpha value is -1.57. The van der Waals surface area contributed by atoms with Gasteiger partial charge in [0.05, 0.1) is 12.7 Å². The van der Waals surface area contributed by atoms with Crippen molar-refractivity contribution in [2.75, 3.05) is 20.1 Å². The van der Waals surface area contributed by atoms with Crippen LogP contribution in [-0.4, -0.2) is 36.0 Å². The zero-order valence-corrected chi connectivity index (χ0v) is 17.7. The number of hydrogen-bond acceptors (Lipinski definition) is 3. The molecule has 6 heteroatoms. The lowest BCUT2D eigenvalue weighted by molar-refractivity contribution is 0.368. The third-order valence-corrected chi connectivity index (χ3v) is 4.48. The topological polar surface area (TPSA) is 53.7 Å². The Kier molecular flexibility index (Phi) is 6.48. The maximum Gasteiger partial charge on any atom is 0.214 e. The van der Waals surface area contributed by atoms with Gasteiger partial charge < -0.3 is 14.6 Å². The molecule has 1 aliphatic heterocycles. The number of rotatable bonds is 3. The normalized spacial score (nSPS) is 16.6. The highest BCUT2D eigenvalue weighted by Gasteiger charge is 2.30. The number of nitrogens with one attached hydrogen (secondary N) is 1. The van der Waals surface area contributed by atoms with Crippen LogP contribution in [0.2, 0.25) is 0 Å². The second kappa shape index (κ2) is 8.21. The van der Waals surface area contributed by atoms with Crippen molar-refractivity contribution in [3.8, 4) is 11.3 Å². The van der Waals surface area contributed by atoms with E-state index >= 15 is 0 Å². The summed E-state index contributed by atoms with van der Waals surface area (Å²) in [5, 5.41) is 3.36. The van der Waals surface area contributed by atoms with E-state index in [0.717, 1.165) is 30.4 Å². The van der Waals surface area contributed by atoms with E-state index in [0.29, 0.717) is 17.9 Å². The Balaban J connectivity index is 0.00000225. The first-order valence-electron chi connectivity index (χ1n) is 8.44. The Morgan fingerprint density at radius 3 is 2.64 bits per heavy atom. The number of nitrogens with zero attached hydrogens (tertiary/aromatic N) is 3. The fourth-order valence-electron chi connectivity index (χ4n) is 3.02. The van der Waals surface area contributed by atoms with E-state index in [4.69, 9.17) is 4.42 Å². The lowest BCUT2D eigenvalue weighted by Crippen LogP contribution is -2.40. The second-order valence-corrected chi connectivity index (χ2v) is 7.22. The van der Waals surface area contributed by atoms with Gasteiger partial charge in [-0.3, -0.25) is 4.99 Å². The third-order valence-electron chi connectivity index (χ3n) is 4.48. The van der Waals surface area contributed by atoms with Crippen LogP contribution in [0.5, 0.6) is 0 Å². The Bertz CT molecular complexity index is 721. The molecule has 0 saturated carbocycles. The molecule has 0 atom stereocenters. The molecule has 0 amide bonds. The number of halogens is 1. The van der Waals surface area contributed by atoms with Gasteiger partial charge in [-0.05, 0) is 18.8 Å². The number of guanidine groups is 1. The summed E-state index contributed by atoms with van der Waals surface area (Å²) in [6.45, 7) is 9.25. The predicted octanol–water partition coefficient (Wildman–Crippen LogP) is 4.08. The summed E-state index contributed by atoms with van der Waals surface area (Å²) in [7, 11) is 1.82. The van der Waals surface area contributed by atoms with Crippen molar-refractivity contribution in [3.05, 3.63) is 41.9 Å². The largest absolute Gasteiger partial charge is 0.439 e. The average molecular weight is 454 g/mol. The molecular formula is C19H27IN4O. The summed E-state index contributed by atoms with van der Waals surface area (Å²) in [5.41, 5.74) is 2.63. The molecule has 2 aromatic rings. The van der Waals surface area contributed by atoms with E-state index in [1.54, 1.807) is 6.20 Å². The number of likely N-dealkylation sites (tertiary alicyclic amines) is 1. The van der Waals surface area contributed by atoms with Crippen LogP contribution >= 0.6 is 24.0 Å². The molecular weight excluding hydrogens is 427 g/mol. The summed E-state index contributed by atoms with van der Waals surface area (Å²) in [4.78, 5) is 11.1. The zero-order valence-electron chi connectivity index (χ0n) is 15.4. The van der Waals surface area contributed by atoms with Gasteiger partial charge in [0.2, 0.25) is 5.89 Å². The molecule has 0 radical (unpaired) electrons. The molecule has 1 aliphatic rings. The fraction of sp³-hybridized carbons (Fsp3) is 0.474. The van der Waals surface area contributed by atoms with Gasteiger partial charge in [0.25, 0.3) is 0 Å². The van der Waals surface area contributed by atoms with Crippen molar-refractivity contribution in [3.63, 3.8) is 0 Å². The van der Waals surface area contributed by atoms with Crippen molar-refractivity contribution in [2.45, 2.75) is 33.7 Å². The molecule has 136 valence electrons. The van der Waals surface area contributed by atoms with E-state index in [1.165, 1.54) is 12.0 Å². The summed E-state index contributed by atoms with van der Waals surface area (Å²) in [5.74, 6) is 2.38. The zero-order chi connectivity index (χ0) is 17.2. The average Bonchev–Trinajstić information content (AvgIpc) is 3.15. The molecule has 1 N–H and O–H groups in total. The van der Waals surface area contributed by atoms with Crippen LogP contribution in [0, 0.1) is 12.3 Å². The van der Waals surface area contributed by atoms with Crippen LogP contribution in [-0.2, 0) is 6.54 Å². The SMILES string of the molecule is CN=C(NCc1ncc(-c2ccc(C)cc2)o1)N1CCC(C)(C)C1.I. The minimum Gasteiger partial charge on any atom is -0.439 e. The van der Waals surface area contributed by atoms with Crippen LogP contribution in [0.15, 0.2) is 39.9 Å². The van der Waals surface area contributed by atoms with Crippen molar-refractivity contribution >= 4 is 29.9 Å². The summed E-state index contributed by atoms with van der Waals surface area (Å²) in [6.07, 6.45) is 2.97. The van der Waals surface area contributed by atoms with E-state index in [2.05, 4.69) is 65.2 Å². The monoisotopic (exact) mass is 454 g/mol. The first-order chi connectivity index (χ1) is 11.5. The highest BCUT2D eigenvalue weighted by atomic mass is 127. The molecule has 3 rings (SSSR count). The van der Waals surface area contributed by atoms with Crippen LogP contribution in [0.25, 0.3) is 11.3 Å². The van der Waals surface area contributed by atoms with E-state index in [9.17, 15) is 0 Å². The third kappa shape index (κ3) is 4.96. The Labute approximate surface area is 166 Å². The van der Waals surface area contributed by atoms with Gasteiger partial charge in [0, 0.05) is 25.7 Å². The molecule has 25 heavy (non-hydrogen) atoms. The highest BCUT2D eigenvalue weighted by Crippen LogP contribution is 2.28. The van der Waals surface area contributed by atoms with Crippen LogP contribution in [0.3, 0.4) is 0 Å². The van der Waals surface area contributed by atoms with Gasteiger partial charge in [-0.2, -0.15) is 0 Å². The summed E-state index contributed by atoms with van der Waals surface area (Å²) < 4.78 is 5.86. The first-order valence-corrected chi connectivity index (χ1v) is 8.44. The molecule has 1 saturated heterocycles. The molecule has 0 unspecified atom stereocenters. The fourth-order valence-corrected chi connectivity index (χ4v) is 3.02. The van der Waals surface area contributed by atoms with Gasteiger partial charge >= 0.3 is 0 Å². The highest BCUT2D eigenvalue weighted by molar-refractivity contribution is 14.0.